The van der Waals surface area contributed by atoms with Crippen LogP contribution in [0.3, 0.4) is 0 Å². The van der Waals surface area contributed by atoms with E-state index in [9.17, 15) is 5.11 Å². The minimum absolute atomic E-state index is 0.0163. The molecule has 19 heavy (non-hydrogen) atoms. The molecule has 0 saturated carbocycles. The zero-order valence-electron chi connectivity index (χ0n) is 10.6. The Morgan fingerprint density at radius 1 is 1.21 bits per heavy atom. The molecule has 0 fully saturated rings. The van der Waals surface area contributed by atoms with E-state index in [-0.39, 0.29) is 12.6 Å². The zero-order chi connectivity index (χ0) is 13.7. The molecule has 0 aliphatic heterocycles. The third-order valence-electron chi connectivity index (χ3n) is 2.84. The maximum atomic E-state index is 9.52. The van der Waals surface area contributed by atoms with Gasteiger partial charge in [0.2, 0.25) is 0 Å². The number of hydrogen-bond acceptors (Lipinski definition) is 3. The molecule has 0 saturated heterocycles. The molecule has 0 aliphatic rings. The van der Waals surface area contributed by atoms with Gasteiger partial charge in [0.1, 0.15) is 5.75 Å². The minimum Gasteiger partial charge on any atom is -0.497 e. The molecular formula is C15H16ClNO2. The fourth-order valence-corrected chi connectivity index (χ4v) is 2.07. The number of aliphatic hydroxyl groups is 1. The first-order valence-electron chi connectivity index (χ1n) is 6.00. The number of ether oxygens (including phenoxy) is 1. The smallest absolute Gasteiger partial charge is 0.120 e. The van der Waals surface area contributed by atoms with Crippen molar-refractivity contribution in [1.82, 2.24) is 0 Å². The average Bonchev–Trinajstić information content (AvgIpc) is 2.45. The second-order valence-electron chi connectivity index (χ2n) is 4.17. The summed E-state index contributed by atoms with van der Waals surface area (Å²) < 4.78 is 5.17. The van der Waals surface area contributed by atoms with Crippen molar-refractivity contribution in [1.29, 1.82) is 0 Å². The predicted molar refractivity (Wildman–Crippen MR) is 77.9 cm³/mol. The van der Waals surface area contributed by atoms with Gasteiger partial charge in [-0.3, -0.25) is 0 Å². The van der Waals surface area contributed by atoms with E-state index in [1.807, 2.05) is 48.5 Å². The number of halogens is 1. The number of rotatable bonds is 5. The van der Waals surface area contributed by atoms with E-state index < -0.39 is 0 Å². The average molecular weight is 278 g/mol. The lowest BCUT2D eigenvalue weighted by Gasteiger charge is -2.18. The number of benzene rings is 2. The molecule has 100 valence electrons. The first-order valence-corrected chi connectivity index (χ1v) is 6.37. The number of aliphatic hydroxyl groups excluding tert-OH is 1. The topological polar surface area (TPSA) is 41.5 Å². The molecule has 2 rings (SSSR count). The van der Waals surface area contributed by atoms with Crippen LogP contribution in [-0.4, -0.2) is 18.8 Å². The Kier molecular flexibility index (Phi) is 4.66. The molecule has 3 nitrogen and oxygen atoms in total. The van der Waals surface area contributed by atoms with Crippen LogP contribution >= 0.6 is 11.6 Å². The van der Waals surface area contributed by atoms with Gasteiger partial charge in [-0.15, -0.1) is 0 Å². The summed E-state index contributed by atoms with van der Waals surface area (Å²) in [6.45, 7) is -0.0163. The molecule has 0 aliphatic carbocycles. The molecule has 4 heteroatoms. The van der Waals surface area contributed by atoms with Crippen molar-refractivity contribution in [2.45, 2.75) is 6.04 Å². The molecule has 0 radical (unpaired) electrons. The third-order valence-corrected chi connectivity index (χ3v) is 3.08. The molecule has 2 aromatic carbocycles. The number of hydrogen-bond donors (Lipinski definition) is 2. The van der Waals surface area contributed by atoms with E-state index in [0.29, 0.717) is 5.02 Å². The van der Waals surface area contributed by atoms with Crippen LogP contribution in [0.4, 0.5) is 5.69 Å². The number of methoxy groups -OCH3 is 1. The van der Waals surface area contributed by atoms with Crippen LogP contribution < -0.4 is 10.1 Å². The van der Waals surface area contributed by atoms with Gasteiger partial charge >= 0.3 is 0 Å². The Labute approximate surface area is 117 Å². The lowest BCUT2D eigenvalue weighted by atomic mass is 10.1. The van der Waals surface area contributed by atoms with E-state index in [4.69, 9.17) is 16.3 Å². The number of anilines is 1. The summed E-state index contributed by atoms with van der Waals surface area (Å²) in [5, 5.41) is 13.4. The molecule has 2 N–H and O–H groups in total. The van der Waals surface area contributed by atoms with Gasteiger partial charge in [0.05, 0.1) is 19.8 Å². The lowest BCUT2D eigenvalue weighted by molar-refractivity contribution is 0.276. The van der Waals surface area contributed by atoms with Crippen LogP contribution in [0.5, 0.6) is 5.75 Å². The summed E-state index contributed by atoms with van der Waals surface area (Å²) in [5.41, 5.74) is 1.83. The predicted octanol–water partition coefficient (Wildman–Crippen LogP) is 3.49. The quantitative estimate of drug-likeness (QED) is 0.879. The van der Waals surface area contributed by atoms with Crippen molar-refractivity contribution in [2.24, 2.45) is 0 Å². The Hall–Kier alpha value is -1.71. The normalized spacial score (nSPS) is 11.9. The maximum absolute atomic E-state index is 9.52. The summed E-state index contributed by atoms with van der Waals surface area (Å²) in [5.74, 6) is 0.771. The van der Waals surface area contributed by atoms with Crippen molar-refractivity contribution < 1.29 is 9.84 Å². The molecule has 0 bridgehead atoms. The molecule has 1 unspecified atom stereocenters. The van der Waals surface area contributed by atoms with Crippen LogP contribution in [0.2, 0.25) is 5.02 Å². The Morgan fingerprint density at radius 3 is 2.68 bits per heavy atom. The number of nitrogens with one attached hydrogen (secondary N) is 1. The highest BCUT2D eigenvalue weighted by atomic mass is 35.5. The van der Waals surface area contributed by atoms with Crippen LogP contribution in [-0.2, 0) is 0 Å². The standard InChI is InChI=1S/C15H16ClNO2/c1-19-14-7-3-6-13(9-14)17-15(10-18)11-4-2-5-12(16)8-11/h2-9,15,17-18H,10H2,1H3. The van der Waals surface area contributed by atoms with Crippen LogP contribution in [0.25, 0.3) is 0 Å². The molecule has 2 aromatic rings. The second-order valence-corrected chi connectivity index (χ2v) is 4.60. The lowest BCUT2D eigenvalue weighted by Crippen LogP contribution is -2.14. The SMILES string of the molecule is COc1cccc(NC(CO)c2cccc(Cl)c2)c1. The highest BCUT2D eigenvalue weighted by Gasteiger charge is 2.10. The van der Waals surface area contributed by atoms with Crippen molar-refractivity contribution in [2.75, 3.05) is 19.0 Å². The Morgan fingerprint density at radius 2 is 2.00 bits per heavy atom. The van der Waals surface area contributed by atoms with E-state index >= 15 is 0 Å². The van der Waals surface area contributed by atoms with E-state index in [0.717, 1.165) is 17.0 Å². The monoisotopic (exact) mass is 277 g/mol. The van der Waals surface area contributed by atoms with Gasteiger partial charge in [0.25, 0.3) is 0 Å². The van der Waals surface area contributed by atoms with Crippen molar-refractivity contribution in [3.05, 3.63) is 59.1 Å². The van der Waals surface area contributed by atoms with Gasteiger partial charge in [-0.2, -0.15) is 0 Å². The van der Waals surface area contributed by atoms with Gasteiger partial charge in [-0.1, -0.05) is 29.8 Å². The molecule has 0 amide bonds. The fourth-order valence-electron chi connectivity index (χ4n) is 1.87. The third kappa shape index (κ3) is 3.63. The minimum atomic E-state index is -0.203. The van der Waals surface area contributed by atoms with Gasteiger partial charge in [-0.25, -0.2) is 0 Å². The largest absolute Gasteiger partial charge is 0.497 e. The van der Waals surface area contributed by atoms with Crippen molar-refractivity contribution >= 4 is 17.3 Å². The molecular weight excluding hydrogens is 262 g/mol. The Bertz CT molecular complexity index is 545. The fraction of sp³-hybridized carbons (Fsp3) is 0.200. The van der Waals surface area contributed by atoms with Gasteiger partial charge in [0, 0.05) is 16.8 Å². The summed E-state index contributed by atoms with van der Waals surface area (Å²) in [4.78, 5) is 0. The molecule has 0 aromatic heterocycles. The van der Waals surface area contributed by atoms with E-state index in [1.54, 1.807) is 7.11 Å². The summed E-state index contributed by atoms with van der Waals surface area (Å²) in [6.07, 6.45) is 0. The van der Waals surface area contributed by atoms with Crippen LogP contribution in [0.1, 0.15) is 11.6 Å². The van der Waals surface area contributed by atoms with Crippen LogP contribution in [0.15, 0.2) is 48.5 Å². The highest BCUT2D eigenvalue weighted by molar-refractivity contribution is 6.30. The van der Waals surface area contributed by atoms with Gasteiger partial charge < -0.3 is 15.2 Å². The van der Waals surface area contributed by atoms with Gasteiger partial charge in [-0.05, 0) is 29.8 Å². The first-order chi connectivity index (χ1) is 9.22. The summed E-state index contributed by atoms with van der Waals surface area (Å²) in [6, 6.07) is 14.8. The highest BCUT2D eigenvalue weighted by Crippen LogP contribution is 2.24. The van der Waals surface area contributed by atoms with Crippen molar-refractivity contribution in [3.8, 4) is 5.75 Å². The van der Waals surface area contributed by atoms with Gasteiger partial charge in [0.15, 0.2) is 0 Å². The van der Waals surface area contributed by atoms with Crippen LogP contribution in [0, 0.1) is 0 Å². The van der Waals surface area contributed by atoms with Crippen molar-refractivity contribution in [3.63, 3.8) is 0 Å². The zero-order valence-corrected chi connectivity index (χ0v) is 11.4. The Balaban J connectivity index is 2.18. The molecule has 1 atom stereocenters. The summed E-state index contributed by atoms with van der Waals surface area (Å²) in [7, 11) is 1.62. The molecule has 0 heterocycles. The second kappa shape index (κ2) is 6.45. The van der Waals surface area contributed by atoms with E-state index in [1.165, 1.54) is 0 Å². The van der Waals surface area contributed by atoms with E-state index in [2.05, 4.69) is 5.32 Å². The maximum Gasteiger partial charge on any atom is 0.120 e. The first kappa shape index (κ1) is 13.7. The summed E-state index contributed by atoms with van der Waals surface area (Å²) >= 11 is 5.97. The molecule has 0 spiro atoms.